The number of carbonyl (C=O) groups is 1. The summed E-state index contributed by atoms with van der Waals surface area (Å²) in [5.41, 5.74) is 3.28. The van der Waals surface area contributed by atoms with Gasteiger partial charge in [-0.2, -0.15) is 0 Å². The van der Waals surface area contributed by atoms with Crippen LogP contribution in [0.3, 0.4) is 0 Å². The number of nitrogens with zero attached hydrogens (tertiary/aromatic N) is 2. The Labute approximate surface area is 185 Å². The van der Waals surface area contributed by atoms with E-state index in [9.17, 15) is 4.79 Å². The van der Waals surface area contributed by atoms with Crippen molar-refractivity contribution >= 4 is 28.8 Å². The van der Waals surface area contributed by atoms with Gasteiger partial charge < -0.3 is 0 Å². The Morgan fingerprint density at radius 3 is 2.10 bits per heavy atom. The molecule has 0 aromatic heterocycles. The fraction of sp³-hybridized carbons (Fsp3) is 0.423. The van der Waals surface area contributed by atoms with Crippen LogP contribution < -0.4 is 0 Å². The normalized spacial score (nSPS) is 19.0. The lowest BCUT2D eigenvalue weighted by Crippen LogP contribution is -2.49. The van der Waals surface area contributed by atoms with Crippen LogP contribution in [0.1, 0.15) is 80.8 Å². The average Bonchev–Trinajstić information content (AvgIpc) is 2.87. The van der Waals surface area contributed by atoms with Crippen molar-refractivity contribution in [1.82, 2.24) is 4.90 Å². The molecule has 2 aromatic rings. The number of rotatable bonds is 2. The van der Waals surface area contributed by atoms with Gasteiger partial charge >= 0.3 is 0 Å². The molecule has 2 aliphatic rings. The Bertz CT molecular complexity index is 962. The SMILES string of the molecule is CC(C)(C)c1ccc(C2=NC3(CCCCCC3)N(C(=O)c3ccccc3)C2=S)cc1. The van der Waals surface area contributed by atoms with Crippen molar-refractivity contribution in [2.45, 2.75) is 70.4 Å². The molecule has 1 spiro atoms. The molecule has 1 aliphatic heterocycles. The second-order valence-corrected chi connectivity index (χ2v) is 9.88. The molecule has 0 radical (unpaired) electrons. The largest absolute Gasteiger partial charge is 0.271 e. The van der Waals surface area contributed by atoms with Crippen LogP contribution in [0.25, 0.3) is 0 Å². The zero-order valence-electron chi connectivity index (χ0n) is 18.1. The molecule has 0 bridgehead atoms. The number of benzene rings is 2. The third-order valence-electron chi connectivity index (χ3n) is 6.29. The van der Waals surface area contributed by atoms with Crippen LogP contribution in [0, 0.1) is 0 Å². The average molecular weight is 419 g/mol. The van der Waals surface area contributed by atoms with E-state index < -0.39 is 5.66 Å². The molecule has 0 atom stereocenters. The van der Waals surface area contributed by atoms with Crippen LogP contribution in [0.15, 0.2) is 59.6 Å². The highest BCUT2D eigenvalue weighted by atomic mass is 32.1. The zero-order chi connectivity index (χ0) is 21.4. The summed E-state index contributed by atoms with van der Waals surface area (Å²) in [4.78, 5) is 21.2. The molecule has 156 valence electrons. The van der Waals surface area contributed by atoms with Crippen molar-refractivity contribution in [2.24, 2.45) is 4.99 Å². The summed E-state index contributed by atoms with van der Waals surface area (Å²) in [6.45, 7) is 6.63. The highest BCUT2D eigenvalue weighted by Gasteiger charge is 2.48. The van der Waals surface area contributed by atoms with Crippen molar-refractivity contribution in [1.29, 1.82) is 0 Å². The summed E-state index contributed by atoms with van der Waals surface area (Å²) in [6, 6.07) is 18.0. The molecule has 0 unspecified atom stereocenters. The maximum Gasteiger partial charge on any atom is 0.260 e. The lowest BCUT2D eigenvalue weighted by molar-refractivity contribution is 0.0692. The van der Waals surface area contributed by atoms with Gasteiger partial charge in [-0.25, -0.2) is 0 Å². The van der Waals surface area contributed by atoms with E-state index in [-0.39, 0.29) is 11.3 Å². The minimum absolute atomic E-state index is 0.0347. The van der Waals surface area contributed by atoms with Crippen molar-refractivity contribution in [2.75, 3.05) is 0 Å². The van der Waals surface area contributed by atoms with Gasteiger partial charge in [0.15, 0.2) is 0 Å². The van der Waals surface area contributed by atoms with Crippen molar-refractivity contribution < 1.29 is 4.79 Å². The number of thiocarbonyl (C=S) groups is 1. The number of amides is 1. The third-order valence-corrected chi connectivity index (χ3v) is 6.67. The van der Waals surface area contributed by atoms with Crippen LogP contribution >= 0.6 is 12.2 Å². The summed E-state index contributed by atoms with van der Waals surface area (Å²) in [5.74, 6) is -0.0347. The van der Waals surface area contributed by atoms with E-state index in [0.717, 1.165) is 37.0 Å². The van der Waals surface area contributed by atoms with Gasteiger partial charge in [-0.3, -0.25) is 14.7 Å². The predicted molar refractivity (Wildman–Crippen MR) is 127 cm³/mol. The second kappa shape index (κ2) is 8.07. The monoisotopic (exact) mass is 418 g/mol. The molecule has 1 heterocycles. The smallest absolute Gasteiger partial charge is 0.260 e. The fourth-order valence-electron chi connectivity index (χ4n) is 4.54. The lowest BCUT2D eigenvalue weighted by Gasteiger charge is -2.35. The third kappa shape index (κ3) is 3.85. The summed E-state index contributed by atoms with van der Waals surface area (Å²) >= 11 is 5.90. The van der Waals surface area contributed by atoms with Gasteiger partial charge in [0.25, 0.3) is 5.91 Å². The van der Waals surface area contributed by atoms with Gasteiger partial charge in [-0.1, -0.05) is 88.3 Å². The highest BCUT2D eigenvalue weighted by Crippen LogP contribution is 2.40. The van der Waals surface area contributed by atoms with E-state index in [1.165, 1.54) is 18.4 Å². The first-order valence-corrected chi connectivity index (χ1v) is 11.4. The molecule has 4 heteroatoms. The Balaban J connectivity index is 1.75. The standard InChI is InChI=1S/C26H30N2OS/c1-25(2,3)21-15-13-19(14-16-21)22-24(30)28(23(29)20-11-7-6-8-12-20)26(27-22)17-9-4-5-10-18-26/h6-8,11-16H,4-5,9-10,17-18H2,1-3H3. The molecular formula is C26H30N2OS. The van der Waals surface area contributed by atoms with Crippen LogP contribution in [0.5, 0.6) is 0 Å². The predicted octanol–water partition coefficient (Wildman–Crippen LogP) is 6.31. The quantitative estimate of drug-likeness (QED) is 0.536. The molecule has 2 aromatic carbocycles. The van der Waals surface area contributed by atoms with Crippen molar-refractivity contribution in [3.8, 4) is 0 Å². The van der Waals surface area contributed by atoms with Gasteiger partial charge in [0.2, 0.25) is 0 Å². The van der Waals surface area contributed by atoms with Crippen molar-refractivity contribution in [3.63, 3.8) is 0 Å². The topological polar surface area (TPSA) is 32.7 Å². The first kappa shape index (κ1) is 20.9. The number of carbonyl (C=O) groups excluding carboxylic acids is 1. The van der Waals surface area contributed by atoms with E-state index in [1.54, 1.807) is 0 Å². The van der Waals surface area contributed by atoms with Gasteiger partial charge in [0, 0.05) is 11.1 Å². The molecule has 1 amide bonds. The summed E-state index contributed by atoms with van der Waals surface area (Å²) in [7, 11) is 0. The Kier molecular flexibility index (Phi) is 5.63. The minimum Gasteiger partial charge on any atom is -0.271 e. The maximum atomic E-state index is 13.6. The van der Waals surface area contributed by atoms with E-state index >= 15 is 0 Å². The van der Waals surface area contributed by atoms with Crippen LogP contribution in [0.4, 0.5) is 0 Å². The summed E-state index contributed by atoms with van der Waals surface area (Å²) < 4.78 is 0. The number of hydrogen-bond donors (Lipinski definition) is 0. The highest BCUT2D eigenvalue weighted by molar-refractivity contribution is 7.82. The van der Waals surface area contributed by atoms with Crippen LogP contribution in [-0.2, 0) is 5.41 Å². The Hall–Kier alpha value is -2.33. The number of hydrogen-bond acceptors (Lipinski definition) is 3. The lowest BCUT2D eigenvalue weighted by atomic mass is 9.86. The van der Waals surface area contributed by atoms with E-state index in [2.05, 4.69) is 45.0 Å². The molecule has 1 fully saturated rings. The fourth-order valence-corrected chi connectivity index (χ4v) is 4.95. The maximum absolute atomic E-state index is 13.6. The van der Waals surface area contributed by atoms with Crippen molar-refractivity contribution in [3.05, 3.63) is 71.3 Å². The number of aliphatic imine (C=N–C) groups is 1. The second-order valence-electron chi connectivity index (χ2n) is 9.50. The Morgan fingerprint density at radius 2 is 1.53 bits per heavy atom. The molecule has 30 heavy (non-hydrogen) atoms. The molecule has 1 aliphatic carbocycles. The van der Waals surface area contributed by atoms with E-state index in [4.69, 9.17) is 17.2 Å². The summed E-state index contributed by atoms with van der Waals surface area (Å²) in [6.07, 6.45) is 6.26. The first-order valence-electron chi connectivity index (χ1n) is 11.0. The molecule has 0 saturated heterocycles. The molecule has 4 rings (SSSR count). The van der Waals surface area contributed by atoms with E-state index in [0.29, 0.717) is 10.6 Å². The van der Waals surface area contributed by atoms with Crippen LogP contribution in [-0.4, -0.2) is 27.2 Å². The van der Waals surface area contributed by atoms with Crippen LogP contribution in [0.2, 0.25) is 0 Å². The molecule has 1 saturated carbocycles. The minimum atomic E-state index is -0.543. The van der Waals surface area contributed by atoms with Gasteiger partial charge in [-0.05, 0) is 48.8 Å². The van der Waals surface area contributed by atoms with Gasteiger partial charge in [0.05, 0.1) is 0 Å². The van der Waals surface area contributed by atoms with Gasteiger partial charge in [0.1, 0.15) is 16.4 Å². The Morgan fingerprint density at radius 1 is 0.933 bits per heavy atom. The molecular weight excluding hydrogens is 388 g/mol. The zero-order valence-corrected chi connectivity index (χ0v) is 19.0. The molecule has 3 nitrogen and oxygen atoms in total. The first-order chi connectivity index (χ1) is 14.3. The molecule has 0 N–H and O–H groups in total. The van der Waals surface area contributed by atoms with E-state index in [1.807, 2.05) is 35.2 Å². The van der Waals surface area contributed by atoms with Gasteiger partial charge in [-0.15, -0.1) is 0 Å². The summed E-state index contributed by atoms with van der Waals surface area (Å²) in [5, 5.41) is 0.